The lowest BCUT2D eigenvalue weighted by atomic mass is 10.0. The van der Waals surface area contributed by atoms with Gasteiger partial charge in [0.1, 0.15) is 30.1 Å². The van der Waals surface area contributed by atoms with Crippen molar-refractivity contribution in [1.29, 1.82) is 0 Å². The van der Waals surface area contributed by atoms with Gasteiger partial charge in [-0.2, -0.15) is 0 Å². The van der Waals surface area contributed by atoms with Gasteiger partial charge in [0, 0.05) is 12.6 Å². The number of hydrogen-bond donors (Lipinski definition) is 0. The molecule has 1 unspecified atom stereocenters. The fourth-order valence-corrected chi connectivity index (χ4v) is 4.23. The van der Waals surface area contributed by atoms with E-state index in [1.54, 1.807) is 36.4 Å². The predicted molar refractivity (Wildman–Crippen MR) is 135 cm³/mol. The third kappa shape index (κ3) is 4.70. The quantitative estimate of drug-likeness (QED) is 0.294. The van der Waals surface area contributed by atoms with Crippen molar-refractivity contribution in [3.8, 4) is 17.2 Å². The number of hydrogen-bond acceptors (Lipinski definition) is 7. The van der Waals surface area contributed by atoms with Crippen molar-refractivity contribution in [3.63, 3.8) is 0 Å². The van der Waals surface area contributed by atoms with Crippen molar-refractivity contribution < 1.29 is 23.4 Å². The largest absolute Gasteiger partial charge is 0.478 e. The molecule has 4 aromatic rings. The van der Waals surface area contributed by atoms with Crippen molar-refractivity contribution in [2.75, 3.05) is 13.3 Å². The molecule has 1 aliphatic heterocycles. The number of benzene rings is 3. The number of nitrogens with zero attached hydrogens (tertiary/aromatic N) is 1. The van der Waals surface area contributed by atoms with Gasteiger partial charge >= 0.3 is 5.97 Å². The second-order valence-corrected chi connectivity index (χ2v) is 8.72. The SMILES string of the molecule is CCCOC(=O)c1ccc(Oc2coc3c4c(ccc3c2=O)OCN(C(C)c2ccccc2)C4)cc1. The van der Waals surface area contributed by atoms with Crippen LogP contribution in [-0.4, -0.2) is 24.2 Å². The minimum Gasteiger partial charge on any atom is -0.478 e. The molecule has 1 atom stereocenters. The fraction of sp³-hybridized carbons (Fsp3) is 0.241. The van der Waals surface area contributed by atoms with E-state index in [2.05, 4.69) is 24.0 Å². The summed E-state index contributed by atoms with van der Waals surface area (Å²) in [6.07, 6.45) is 2.08. The Labute approximate surface area is 208 Å². The van der Waals surface area contributed by atoms with Crippen LogP contribution in [0.15, 0.2) is 82.2 Å². The van der Waals surface area contributed by atoms with E-state index >= 15 is 0 Å². The monoisotopic (exact) mass is 485 g/mol. The van der Waals surface area contributed by atoms with Crippen LogP contribution in [0.1, 0.15) is 47.8 Å². The summed E-state index contributed by atoms with van der Waals surface area (Å²) in [5, 5.41) is 0.420. The topological polar surface area (TPSA) is 78.2 Å². The average molecular weight is 486 g/mol. The molecule has 3 aromatic carbocycles. The number of carbonyl (C=O) groups excluding carboxylic acids is 1. The Hall–Kier alpha value is -4.10. The molecule has 0 radical (unpaired) electrons. The standard InChI is InChI=1S/C29H27NO6/c1-3-15-33-29(32)21-9-11-22(12-10-21)36-26-17-34-28-23(27(26)31)13-14-25-24(28)16-30(18-35-25)19(2)20-7-5-4-6-8-20/h4-14,17,19H,3,15-16,18H2,1-2H3. The van der Waals surface area contributed by atoms with Gasteiger partial charge in [-0.05, 0) is 55.3 Å². The molecule has 0 bridgehead atoms. The van der Waals surface area contributed by atoms with E-state index in [0.717, 1.165) is 12.0 Å². The smallest absolute Gasteiger partial charge is 0.338 e. The molecule has 0 fully saturated rings. The van der Waals surface area contributed by atoms with Crippen LogP contribution in [0.4, 0.5) is 0 Å². The van der Waals surface area contributed by atoms with E-state index < -0.39 is 5.97 Å². The van der Waals surface area contributed by atoms with Gasteiger partial charge in [-0.25, -0.2) is 4.79 Å². The minimum atomic E-state index is -0.392. The second-order valence-electron chi connectivity index (χ2n) is 8.72. The van der Waals surface area contributed by atoms with Gasteiger partial charge < -0.3 is 18.6 Å². The van der Waals surface area contributed by atoms with Crippen molar-refractivity contribution in [2.24, 2.45) is 0 Å². The minimum absolute atomic E-state index is 0.0648. The van der Waals surface area contributed by atoms with E-state index in [0.29, 0.717) is 47.9 Å². The number of carbonyl (C=O) groups is 1. The molecule has 184 valence electrons. The Morgan fingerprint density at radius 1 is 1.06 bits per heavy atom. The van der Waals surface area contributed by atoms with Gasteiger partial charge in [0.05, 0.1) is 23.1 Å². The van der Waals surface area contributed by atoms with Gasteiger partial charge in [-0.15, -0.1) is 0 Å². The Morgan fingerprint density at radius 2 is 1.83 bits per heavy atom. The molecule has 0 saturated carbocycles. The number of fused-ring (bicyclic) bond motifs is 3. The summed E-state index contributed by atoms with van der Waals surface area (Å²) >= 11 is 0. The maximum atomic E-state index is 13.2. The zero-order chi connectivity index (χ0) is 25.1. The maximum absolute atomic E-state index is 13.2. The summed E-state index contributed by atoms with van der Waals surface area (Å²) in [7, 11) is 0. The lowest BCUT2D eigenvalue weighted by Crippen LogP contribution is -2.34. The normalized spacial score (nSPS) is 14.1. The van der Waals surface area contributed by atoms with Crippen LogP contribution in [0.5, 0.6) is 17.2 Å². The first-order chi connectivity index (χ1) is 17.5. The van der Waals surface area contributed by atoms with Gasteiger partial charge in [0.2, 0.25) is 11.2 Å². The van der Waals surface area contributed by atoms with Crippen LogP contribution in [-0.2, 0) is 11.3 Å². The van der Waals surface area contributed by atoms with Crippen LogP contribution in [0.3, 0.4) is 0 Å². The van der Waals surface area contributed by atoms with Gasteiger partial charge in [-0.3, -0.25) is 9.69 Å². The summed E-state index contributed by atoms with van der Waals surface area (Å²) in [5.41, 5.74) is 2.65. The van der Waals surface area contributed by atoms with Crippen LogP contribution < -0.4 is 14.9 Å². The third-order valence-corrected chi connectivity index (χ3v) is 6.30. The summed E-state index contributed by atoms with van der Waals surface area (Å²) in [6, 6.07) is 20.3. The van der Waals surface area contributed by atoms with Gasteiger partial charge in [-0.1, -0.05) is 37.3 Å². The number of esters is 1. The van der Waals surface area contributed by atoms with E-state index in [4.69, 9.17) is 18.6 Å². The fourth-order valence-electron chi connectivity index (χ4n) is 4.23. The molecule has 1 aliphatic rings. The highest BCUT2D eigenvalue weighted by atomic mass is 16.5. The first-order valence-electron chi connectivity index (χ1n) is 12.0. The number of rotatable bonds is 7. The Morgan fingerprint density at radius 3 is 2.58 bits per heavy atom. The lowest BCUT2D eigenvalue weighted by Gasteiger charge is -2.33. The predicted octanol–water partition coefficient (Wildman–Crippen LogP) is 6.07. The molecule has 5 rings (SSSR count). The van der Waals surface area contributed by atoms with Crippen molar-refractivity contribution >= 4 is 16.9 Å². The zero-order valence-electron chi connectivity index (χ0n) is 20.2. The van der Waals surface area contributed by atoms with Crippen LogP contribution in [0.25, 0.3) is 11.0 Å². The summed E-state index contributed by atoms with van der Waals surface area (Å²) in [5.74, 6) is 0.797. The summed E-state index contributed by atoms with van der Waals surface area (Å²) < 4.78 is 22.9. The summed E-state index contributed by atoms with van der Waals surface area (Å²) in [6.45, 7) is 5.46. The highest BCUT2D eigenvalue weighted by molar-refractivity contribution is 5.89. The molecule has 0 aliphatic carbocycles. The second kappa shape index (κ2) is 10.3. The van der Waals surface area contributed by atoms with Crippen LogP contribution in [0, 0.1) is 0 Å². The molecule has 2 heterocycles. The van der Waals surface area contributed by atoms with Crippen LogP contribution >= 0.6 is 0 Å². The Kier molecular flexibility index (Phi) is 6.73. The van der Waals surface area contributed by atoms with E-state index in [9.17, 15) is 9.59 Å². The molecule has 1 aromatic heterocycles. The van der Waals surface area contributed by atoms with Gasteiger partial charge in [0.15, 0.2) is 0 Å². The molecule has 0 N–H and O–H groups in total. The Balaban J connectivity index is 1.38. The van der Waals surface area contributed by atoms with Crippen LogP contribution in [0.2, 0.25) is 0 Å². The maximum Gasteiger partial charge on any atom is 0.338 e. The first kappa shape index (κ1) is 23.6. The van der Waals surface area contributed by atoms with Crippen molar-refractivity contribution in [1.82, 2.24) is 4.90 Å². The van der Waals surface area contributed by atoms with Crippen molar-refractivity contribution in [2.45, 2.75) is 32.9 Å². The molecule has 7 nitrogen and oxygen atoms in total. The number of ether oxygens (including phenoxy) is 3. The van der Waals surface area contributed by atoms with Crippen molar-refractivity contribution in [3.05, 3.63) is 99.9 Å². The lowest BCUT2D eigenvalue weighted by molar-refractivity contribution is 0.0505. The molecule has 7 heteroatoms. The molecule has 0 saturated heterocycles. The van der Waals surface area contributed by atoms with E-state index in [-0.39, 0.29) is 17.2 Å². The Bertz CT molecular complexity index is 1430. The van der Waals surface area contributed by atoms with E-state index in [1.165, 1.54) is 11.8 Å². The first-order valence-corrected chi connectivity index (χ1v) is 12.0. The van der Waals surface area contributed by atoms with Gasteiger partial charge in [0.25, 0.3) is 0 Å². The molecular formula is C29H27NO6. The molecule has 0 amide bonds. The average Bonchev–Trinajstić information content (AvgIpc) is 2.93. The highest BCUT2D eigenvalue weighted by Gasteiger charge is 2.26. The molecule has 36 heavy (non-hydrogen) atoms. The van der Waals surface area contributed by atoms with E-state index in [1.807, 2.05) is 25.1 Å². The third-order valence-electron chi connectivity index (χ3n) is 6.30. The molecular weight excluding hydrogens is 458 g/mol. The molecule has 0 spiro atoms. The highest BCUT2D eigenvalue weighted by Crippen LogP contribution is 2.35. The zero-order valence-corrected chi connectivity index (χ0v) is 20.2. The summed E-state index contributed by atoms with van der Waals surface area (Å²) in [4.78, 5) is 27.4.